The van der Waals surface area contributed by atoms with Crippen LogP contribution in [0.15, 0.2) is 0 Å². The molecule has 0 aliphatic carbocycles. The molecule has 3 N–H and O–H groups in total. The number of piperazine rings is 1. The van der Waals surface area contributed by atoms with Gasteiger partial charge in [0.1, 0.15) is 0 Å². The lowest BCUT2D eigenvalue weighted by Crippen LogP contribution is -2.44. The molecule has 0 saturated carbocycles. The van der Waals surface area contributed by atoms with E-state index in [2.05, 4.69) is 15.5 Å². The van der Waals surface area contributed by atoms with E-state index in [4.69, 9.17) is 9.84 Å². The first-order chi connectivity index (χ1) is 7.43. The van der Waals surface area contributed by atoms with Crippen LogP contribution in [-0.4, -0.2) is 75.6 Å². The molecule has 5 heteroatoms. The predicted octanol–water partition coefficient (Wildman–Crippen LogP) is -1.51. The van der Waals surface area contributed by atoms with Gasteiger partial charge in [0.2, 0.25) is 0 Å². The average molecular weight is 217 g/mol. The lowest BCUT2D eigenvalue weighted by Gasteiger charge is -2.25. The molecule has 2 saturated heterocycles. The molecule has 0 aromatic rings. The molecular formula is C10H23N3O2. The third-order valence-corrected chi connectivity index (χ3v) is 2.47. The summed E-state index contributed by atoms with van der Waals surface area (Å²) in [7, 11) is 0. The van der Waals surface area contributed by atoms with Gasteiger partial charge in [-0.05, 0) is 0 Å². The van der Waals surface area contributed by atoms with Gasteiger partial charge in [-0.25, -0.2) is 0 Å². The second-order valence-electron chi connectivity index (χ2n) is 3.68. The Morgan fingerprint density at radius 2 is 1.60 bits per heavy atom. The van der Waals surface area contributed by atoms with E-state index in [1.807, 2.05) is 0 Å². The van der Waals surface area contributed by atoms with Crippen LogP contribution in [0, 0.1) is 0 Å². The number of β-amino-alcohol motifs (C(OH)–C–C–N with tert-alkyl or cyclic N) is 1. The number of nitrogens with one attached hydrogen (secondary N) is 2. The number of aliphatic hydroxyl groups is 1. The van der Waals surface area contributed by atoms with Gasteiger partial charge in [0, 0.05) is 45.8 Å². The van der Waals surface area contributed by atoms with E-state index in [0.717, 1.165) is 59.0 Å². The molecule has 5 nitrogen and oxygen atoms in total. The van der Waals surface area contributed by atoms with Crippen LogP contribution >= 0.6 is 0 Å². The van der Waals surface area contributed by atoms with Gasteiger partial charge in [-0.1, -0.05) is 0 Å². The molecule has 2 rings (SSSR count). The smallest absolute Gasteiger partial charge is 0.0591 e. The molecule has 15 heavy (non-hydrogen) atoms. The molecule has 0 aromatic heterocycles. The summed E-state index contributed by atoms with van der Waals surface area (Å²) >= 11 is 0. The summed E-state index contributed by atoms with van der Waals surface area (Å²) in [5.41, 5.74) is 0. The second kappa shape index (κ2) is 9.06. The van der Waals surface area contributed by atoms with Crippen molar-refractivity contribution in [3.63, 3.8) is 0 Å². The van der Waals surface area contributed by atoms with Crippen molar-refractivity contribution in [1.82, 2.24) is 15.5 Å². The minimum Gasteiger partial charge on any atom is -0.395 e. The Hall–Kier alpha value is -0.200. The number of ether oxygens (including phenoxy) is 1. The van der Waals surface area contributed by atoms with Crippen LogP contribution in [-0.2, 0) is 4.74 Å². The van der Waals surface area contributed by atoms with E-state index in [1.165, 1.54) is 0 Å². The first kappa shape index (κ1) is 12.9. The zero-order valence-electron chi connectivity index (χ0n) is 9.37. The van der Waals surface area contributed by atoms with Crippen LogP contribution in [0.1, 0.15) is 0 Å². The largest absolute Gasteiger partial charge is 0.395 e. The highest BCUT2D eigenvalue weighted by molar-refractivity contribution is 4.66. The fourth-order valence-corrected chi connectivity index (χ4v) is 1.59. The molecule has 2 heterocycles. The van der Waals surface area contributed by atoms with Gasteiger partial charge >= 0.3 is 0 Å². The standard InChI is InChI=1S/C6H14N2O.C4H9NO/c9-6-5-8-3-1-7-2-4-8;1-3-6-4-2-5-1/h7,9H,1-6H2;5H,1-4H2. The lowest BCUT2D eigenvalue weighted by atomic mass is 10.4. The van der Waals surface area contributed by atoms with E-state index >= 15 is 0 Å². The van der Waals surface area contributed by atoms with E-state index in [-0.39, 0.29) is 0 Å². The maximum Gasteiger partial charge on any atom is 0.0591 e. The fourth-order valence-electron chi connectivity index (χ4n) is 1.59. The number of hydrogen-bond acceptors (Lipinski definition) is 5. The Kier molecular flexibility index (Phi) is 7.77. The van der Waals surface area contributed by atoms with Gasteiger partial charge < -0.3 is 20.5 Å². The van der Waals surface area contributed by atoms with E-state index in [1.54, 1.807) is 0 Å². The van der Waals surface area contributed by atoms with Crippen molar-refractivity contribution in [2.24, 2.45) is 0 Å². The van der Waals surface area contributed by atoms with Crippen molar-refractivity contribution in [3.8, 4) is 0 Å². The summed E-state index contributed by atoms with van der Waals surface area (Å²) in [6.45, 7) is 9.27. The summed E-state index contributed by atoms with van der Waals surface area (Å²) in [6, 6.07) is 0. The zero-order chi connectivity index (χ0) is 10.8. The minimum atomic E-state index is 0.292. The molecule has 0 atom stereocenters. The van der Waals surface area contributed by atoms with E-state index < -0.39 is 0 Å². The number of hydrogen-bond donors (Lipinski definition) is 3. The second-order valence-corrected chi connectivity index (χ2v) is 3.68. The van der Waals surface area contributed by atoms with Gasteiger partial charge in [-0.2, -0.15) is 0 Å². The molecule has 2 aliphatic heterocycles. The summed E-state index contributed by atoms with van der Waals surface area (Å²) in [5.74, 6) is 0. The van der Waals surface area contributed by atoms with Gasteiger partial charge in [-0.3, -0.25) is 4.90 Å². The van der Waals surface area contributed by atoms with Crippen LogP contribution in [0.5, 0.6) is 0 Å². The molecular weight excluding hydrogens is 194 g/mol. The topological polar surface area (TPSA) is 56.8 Å². The summed E-state index contributed by atoms with van der Waals surface area (Å²) in [4.78, 5) is 2.26. The maximum absolute atomic E-state index is 8.56. The number of aliphatic hydroxyl groups excluding tert-OH is 1. The Morgan fingerprint density at radius 1 is 1.00 bits per heavy atom. The van der Waals surface area contributed by atoms with Gasteiger partial charge in [-0.15, -0.1) is 0 Å². The zero-order valence-corrected chi connectivity index (χ0v) is 9.37. The van der Waals surface area contributed by atoms with Crippen molar-refractivity contribution in [1.29, 1.82) is 0 Å². The molecule has 0 radical (unpaired) electrons. The highest BCUT2D eigenvalue weighted by Crippen LogP contribution is 1.88. The monoisotopic (exact) mass is 217 g/mol. The van der Waals surface area contributed by atoms with Gasteiger partial charge in [0.25, 0.3) is 0 Å². The Balaban J connectivity index is 0.000000162. The number of morpholine rings is 1. The van der Waals surface area contributed by atoms with E-state index in [9.17, 15) is 0 Å². The van der Waals surface area contributed by atoms with Crippen LogP contribution in [0.2, 0.25) is 0 Å². The summed E-state index contributed by atoms with van der Waals surface area (Å²) < 4.78 is 5.01. The molecule has 0 amide bonds. The number of nitrogens with zero attached hydrogens (tertiary/aromatic N) is 1. The van der Waals surface area contributed by atoms with Crippen LogP contribution < -0.4 is 10.6 Å². The van der Waals surface area contributed by atoms with Crippen molar-refractivity contribution >= 4 is 0 Å². The quantitative estimate of drug-likeness (QED) is 0.525. The molecule has 2 aliphatic rings. The molecule has 90 valence electrons. The minimum absolute atomic E-state index is 0.292. The third-order valence-electron chi connectivity index (χ3n) is 2.47. The molecule has 0 bridgehead atoms. The first-order valence-corrected chi connectivity index (χ1v) is 5.76. The molecule has 0 spiro atoms. The van der Waals surface area contributed by atoms with E-state index in [0.29, 0.717) is 6.61 Å². The highest BCUT2D eigenvalue weighted by atomic mass is 16.5. The van der Waals surface area contributed by atoms with Crippen LogP contribution in [0.25, 0.3) is 0 Å². The Labute approximate surface area is 91.8 Å². The van der Waals surface area contributed by atoms with Crippen molar-refractivity contribution in [3.05, 3.63) is 0 Å². The number of rotatable bonds is 2. The molecule has 2 fully saturated rings. The Bertz CT molecular complexity index is 122. The first-order valence-electron chi connectivity index (χ1n) is 5.76. The SMILES string of the molecule is C1COCCN1.OCCN1CCNCC1. The van der Waals surface area contributed by atoms with Crippen molar-refractivity contribution in [2.45, 2.75) is 0 Å². The summed E-state index contributed by atoms with van der Waals surface area (Å²) in [6.07, 6.45) is 0. The predicted molar refractivity (Wildman–Crippen MR) is 60.1 cm³/mol. The third kappa shape index (κ3) is 6.81. The highest BCUT2D eigenvalue weighted by Gasteiger charge is 2.06. The van der Waals surface area contributed by atoms with Crippen LogP contribution in [0.4, 0.5) is 0 Å². The molecule has 0 aromatic carbocycles. The maximum atomic E-state index is 8.56. The summed E-state index contributed by atoms with van der Waals surface area (Å²) in [5, 5.41) is 15.0. The van der Waals surface area contributed by atoms with Gasteiger partial charge in [0.15, 0.2) is 0 Å². The molecule has 0 unspecified atom stereocenters. The fraction of sp³-hybridized carbons (Fsp3) is 1.00. The average Bonchev–Trinajstić information content (AvgIpc) is 2.34. The normalized spacial score (nSPS) is 23.0. The lowest BCUT2D eigenvalue weighted by molar-refractivity contribution is 0.109. The Morgan fingerprint density at radius 3 is 2.00 bits per heavy atom. The van der Waals surface area contributed by atoms with Crippen molar-refractivity contribution < 1.29 is 9.84 Å². The van der Waals surface area contributed by atoms with Gasteiger partial charge in [0.05, 0.1) is 19.8 Å². The van der Waals surface area contributed by atoms with Crippen molar-refractivity contribution in [2.75, 3.05) is 65.6 Å². The van der Waals surface area contributed by atoms with Crippen LogP contribution in [0.3, 0.4) is 0 Å².